The van der Waals surface area contributed by atoms with Crippen molar-refractivity contribution in [3.05, 3.63) is 0 Å². The quantitative estimate of drug-likeness (QED) is 0.464. The molecule has 6 heteroatoms. The van der Waals surface area contributed by atoms with E-state index in [0.29, 0.717) is 10.7 Å². The number of β-lactam (4-membered cyclic amide) rings is 1. The highest BCUT2D eigenvalue weighted by Crippen LogP contribution is 2.22. The van der Waals surface area contributed by atoms with Crippen LogP contribution < -0.4 is 0 Å². The maximum absolute atomic E-state index is 10.8. The summed E-state index contributed by atoms with van der Waals surface area (Å²) in [5.41, 5.74) is 0. The van der Waals surface area contributed by atoms with Crippen LogP contribution in [0.3, 0.4) is 0 Å². The van der Waals surface area contributed by atoms with Crippen LogP contribution in [0.25, 0.3) is 0 Å². The van der Waals surface area contributed by atoms with E-state index in [2.05, 4.69) is 0 Å². The van der Waals surface area contributed by atoms with Crippen molar-refractivity contribution in [2.75, 3.05) is 6.54 Å². The van der Waals surface area contributed by atoms with Crippen LogP contribution in [0.1, 0.15) is 13.3 Å². The molecular formula is C5H9NO4S. The summed E-state index contributed by atoms with van der Waals surface area (Å²) < 4.78 is 29.6. The standard InChI is InChI=1S/C5H9NO4S/c1-2-4-3-6(5(4)7)11(8,9)10/h4H,2-3H2,1H3,(H,8,9,10). The number of hydrogen-bond acceptors (Lipinski definition) is 3. The van der Waals surface area contributed by atoms with Gasteiger partial charge < -0.3 is 0 Å². The van der Waals surface area contributed by atoms with Crippen LogP contribution in [0.2, 0.25) is 0 Å². The van der Waals surface area contributed by atoms with Crippen molar-refractivity contribution in [2.24, 2.45) is 5.92 Å². The third-order valence-electron chi connectivity index (χ3n) is 1.75. The molecule has 0 aromatic rings. The van der Waals surface area contributed by atoms with Gasteiger partial charge in [-0.15, -0.1) is 0 Å². The van der Waals surface area contributed by atoms with E-state index in [9.17, 15) is 13.2 Å². The minimum Gasteiger partial charge on any atom is -0.273 e. The number of nitrogens with zero attached hydrogens (tertiary/aromatic N) is 1. The Labute approximate surface area is 64.9 Å². The molecule has 0 aliphatic carbocycles. The van der Waals surface area contributed by atoms with E-state index in [1.165, 1.54) is 0 Å². The molecule has 64 valence electrons. The molecular weight excluding hydrogens is 170 g/mol. The Kier molecular flexibility index (Phi) is 1.89. The predicted molar refractivity (Wildman–Crippen MR) is 37.0 cm³/mol. The van der Waals surface area contributed by atoms with E-state index >= 15 is 0 Å². The minimum absolute atomic E-state index is 0.119. The summed E-state index contributed by atoms with van der Waals surface area (Å²) >= 11 is 0. The van der Waals surface area contributed by atoms with Gasteiger partial charge in [-0.1, -0.05) is 6.92 Å². The van der Waals surface area contributed by atoms with E-state index in [1.54, 1.807) is 6.92 Å². The maximum Gasteiger partial charge on any atom is 0.362 e. The Morgan fingerprint density at radius 3 is 2.55 bits per heavy atom. The SMILES string of the molecule is CCC1CN(S(=O)(=O)O)C1=O. The molecule has 1 atom stereocenters. The number of carbonyl (C=O) groups is 1. The Bertz CT molecular complexity index is 270. The summed E-state index contributed by atoms with van der Waals surface area (Å²) in [4.78, 5) is 10.8. The topological polar surface area (TPSA) is 74.7 Å². The van der Waals surface area contributed by atoms with Gasteiger partial charge >= 0.3 is 10.3 Å². The van der Waals surface area contributed by atoms with Gasteiger partial charge in [0.1, 0.15) is 0 Å². The largest absolute Gasteiger partial charge is 0.362 e. The fourth-order valence-electron chi connectivity index (χ4n) is 0.971. The average Bonchev–Trinajstić information content (AvgIpc) is 1.83. The molecule has 1 unspecified atom stereocenters. The van der Waals surface area contributed by atoms with Gasteiger partial charge in [0.05, 0.1) is 12.5 Å². The minimum atomic E-state index is -4.27. The fourth-order valence-corrected chi connectivity index (χ4v) is 1.72. The molecule has 0 saturated carbocycles. The number of carbonyl (C=O) groups excluding carboxylic acids is 1. The molecule has 1 saturated heterocycles. The van der Waals surface area contributed by atoms with Gasteiger partial charge in [0.25, 0.3) is 0 Å². The zero-order chi connectivity index (χ0) is 8.65. The summed E-state index contributed by atoms with van der Waals surface area (Å²) in [6.07, 6.45) is 0.616. The lowest BCUT2D eigenvalue weighted by Gasteiger charge is -2.34. The van der Waals surface area contributed by atoms with Crippen LogP contribution in [0.4, 0.5) is 0 Å². The van der Waals surface area contributed by atoms with Crippen LogP contribution in [-0.2, 0) is 15.1 Å². The zero-order valence-electron chi connectivity index (χ0n) is 6.02. The Balaban J connectivity index is 2.66. The highest BCUT2D eigenvalue weighted by molar-refractivity contribution is 7.84. The van der Waals surface area contributed by atoms with Crippen LogP contribution in [-0.4, -0.2) is 29.7 Å². The van der Waals surface area contributed by atoms with Crippen molar-refractivity contribution in [2.45, 2.75) is 13.3 Å². The van der Waals surface area contributed by atoms with E-state index in [1.807, 2.05) is 0 Å². The van der Waals surface area contributed by atoms with Gasteiger partial charge in [-0.05, 0) is 6.42 Å². The molecule has 1 N–H and O–H groups in total. The molecule has 0 aromatic carbocycles. The van der Waals surface area contributed by atoms with Crippen molar-refractivity contribution in [3.63, 3.8) is 0 Å². The molecule has 1 rings (SSSR count). The van der Waals surface area contributed by atoms with Crippen molar-refractivity contribution in [1.29, 1.82) is 0 Å². The second-order valence-electron chi connectivity index (χ2n) is 2.45. The molecule has 1 amide bonds. The number of hydrogen-bond donors (Lipinski definition) is 1. The Morgan fingerprint density at radius 1 is 1.73 bits per heavy atom. The average molecular weight is 179 g/mol. The molecule has 1 fully saturated rings. The van der Waals surface area contributed by atoms with Crippen LogP contribution >= 0.6 is 0 Å². The molecule has 1 heterocycles. The van der Waals surface area contributed by atoms with Crippen molar-refractivity contribution >= 4 is 16.2 Å². The monoisotopic (exact) mass is 179 g/mol. The van der Waals surface area contributed by atoms with E-state index in [4.69, 9.17) is 4.55 Å². The summed E-state index contributed by atoms with van der Waals surface area (Å²) in [6, 6.07) is 0. The highest BCUT2D eigenvalue weighted by Gasteiger charge is 2.41. The second kappa shape index (κ2) is 2.46. The fraction of sp³-hybridized carbons (Fsp3) is 0.800. The third-order valence-corrected chi connectivity index (χ3v) is 2.64. The molecule has 0 spiro atoms. The summed E-state index contributed by atoms with van der Waals surface area (Å²) in [5, 5.41) is 0. The summed E-state index contributed by atoms with van der Waals surface area (Å²) in [5.74, 6) is -0.730. The lowest BCUT2D eigenvalue weighted by molar-refractivity contribution is -0.140. The second-order valence-corrected chi connectivity index (χ2v) is 3.79. The maximum atomic E-state index is 10.8. The van der Waals surface area contributed by atoms with Crippen LogP contribution in [0.15, 0.2) is 0 Å². The Morgan fingerprint density at radius 2 is 2.27 bits per heavy atom. The van der Waals surface area contributed by atoms with Crippen molar-refractivity contribution < 1.29 is 17.8 Å². The molecule has 0 aromatic heterocycles. The van der Waals surface area contributed by atoms with Crippen LogP contribution in [0.5, 0.6) is 0 Å². The first-order chi connectivity index (χ1) is 4.96. The number of rotatable bonds is 2. The number of amides is 1. The van der Waals surface area contributed by atoms with Gasteiger partial charge in [-0.3, -0.25) is 9.35 Å². The van der Waals surface area contributed by atoms with E-state index in [0.717, 1.165) is 0 Å². The molecule has 0 bridgehead atoms. The smallest absolute Gasteiger partial charge is 0.273 e. The van der Waals surface area contributed by atoms with E-state index in [-0.39, 0.29) is 12.5 Å². The van der Waals surface area contributed by atoms with Crippen molar-refractivity contribution in [1.82, 2.24) is 4.31 Å². The first-order valence-corrected chi connectivity index (χ1v) is 4.65. The van der Waals surface area contributed by atoms with Gasteiger partial charge in [0.15, 0.2) is 0 Å². The van der Waals surface area contributed by atoms with E-state index < -0.39 is 16.2 Å². The highest BCUT2D eigenvalue weighted by atomic mass is 32.2. The third kappa shape index (κ3) is 1.36. The molecule has 5 nitrogen and oxygen atoms in total. The molecule has 0 radical (unpaired) electrons. The van der Waals surface area contributed by atoms with Gasteiger partial charge in [-0.25, -0.2) is 4.31 Å². The summed E-state index contributed by atoms with van der Waals surface area (Å²) in [7, 11) is -4.27. The Hall–Kier alpha value is -0.620. The first kappa shape index (κ1) is 8.48. The zero-order valence-corrected chi connectivity index (χ0v) is 6.84. The normalized spacial score (nSPS) is 25.1. The summed E-state index contributed by atoms with van der Waals surface area (Å²) in [6.45, 7) is 1.91. The van der Waals surface area contributed by atoms with Crippen molar-refractivity contribution in [3.8, 4) is 0 Å². The molecule has 11 heavy (non-hydrogen) atoms. The molecule has 1 aliphatic rings. The lowest BCUT2D eigenvalue weighted by atomic mass is 9.99. The van der Waals surface area contributed by atoms with Gasteiger partial charge in [0.2, 0.25) is 5.91 Å². The first-order valence-electron chi connectivity index (χ1n) is 3.25. The lowest BCUT2D eigenvalue weighted by Crippen LogP contribution is -2.54. The predicted octanol–water partition coefficient (Wildman–Crippen LogP) is -0.342. The van der Waals surface area contributed by atoms with Gasteiger partial charge in [-0.2, -0.15) is 8.42 Å². The van der Waals surface area contributed by atoms with Crippen LogP contribution in [0, 0.1) is 5.92 Å². The van der Waals surface area contributed by atoms with Gasteiger partial charge in [0, 0.05) is 0 Å². The molecule has 1 aliphatic heterocycles.